The van der Waals surface area contributed by atoms with Crippen LogP contribution in [0, 0.1) is 5.82 Å². The molecule has 1 fully saturated rings. The summed E-state index contributed by atoms with van der Waals surface area (Å²) in [5.41, 5.74) is 0.857. The number of ether oxygens (including phenoxy) is 1. The molecule has 0 spiro atoms. The van der Waals surface area contributed by atoms with Crippen molar-refractivity contribution in [3.05, 3.63) is 29.6 Å². The van der Waals surface area contributed by atoms with Gasteiger partial charge in [0.1, 0.15) is 5.82 Å². The van der Waals surface area contributed by atoms with Gasteiger partial charge in [-0.3, -0.25) is 4.79 Å². The Morgan fingerprint density at radius 3 is 2.62 bits per heavy atom. The summed E-state index contributed by atoms with van der Waals surface area (Å²) < 4.78 is 18.5. The molecule has 0 N–H and O–H groups in total. The summed E-state index contributed by atoms with van der Waals surface area (Å²) in [6, 6.07) is 4.14. The van der Waals surface area contributed by atoms with Gasteiger partial charge in [-0.15, -0.1) is 0 Å². The highest BCUT2D eigenvalue weighted by Gasteiger charge is 2.14. The second-order valence-corrected chi connectivity index (χ2v) is 3.91. The third-order valence-corrected chi connectivity index (χ3v) is 2.70. The van der Waals surface area contributed by atoms with Crippen LogP contribution in [0.2, 0.25) is 0 Å². The number of hydrogen-bond donors (Lipinski definition) is 0. The molecule has 86 valence electrons. The zero-order chi connectivity index (χ0) is 11.5. The quantitative estimate of drug-likeness (QED) is 0.745. The van der Waals surface area contributed by atoms with Gasteiger partial charge in [-0.05, 0) is 29.8 Å². The molecule has 3 nitrogen and oxygen atoms in total. The number of hydrogen-bond acceptors (Lipinski definition) is 3. The zero-order valence-electron chi connectivity index (χ0n) is 8.58. The van der Waals surface area contributed by atoms with E-state index >= 15 is 0 Å². The van der Waals surface area contributed by atoms with Gasteiger partial charge in [0.25, 0.3) is 5.24 Å². The Bertz CT molecular complexity index is 405. The normalized spacial score (nSPS) is 16.2. The van der Waals surface area contributed by atoms with E-state index in [0.29, 0.717) is 32.0 Å². The fourth-order valence-corrected chi connectivity index (χ4v) is 1.80. The Labute approximate surface area is 97.8 Å². The van der Waals surface area contributed by atoms with Crippen LogP contribution in [0.3, 0.4) is 0 Å². The monoisotopic (exact) mass is 243 g/mol. The van der Waals surface area contributed by atoms with Gasteiger partial charge in [-0.2, -0.15) is 0 Å². The van der Waals surface area contributed by atoms with Gasteiger partial charge in [-0.25, -0.2) is 4.39 Å². The summed E-state index contributed by atoms with van der Waals surface area (Å²) in [7, 11) is 0. The summed E-state index contributed by atoms with van der Waals surface area (Å²) in [6.07, 6.45) is 0. The Morgan fingerprint density at radius 2 is 2.00 bits per heavy atom. The van der Waals surface area contributed by atoms with Crippen molar-refractivity contribution in [2.75, 3.05) is 31.2 Å². The van der Waals surface area contributed by atoms with Crippen LogP contribution in [0.15, 0.2) is 18.2 Å². The molecule has 1 saturated heterocycles. The summed E-state index contributed by atoms with van der Waals surface area (Å²) in [5, 5.41) is -0.644. The number of morpholine rings is 1. The van der Waals surface area contributed by atoms with E-state index in [0.717, 1.165) is 6.07 Å². The lowest BCUT2D eigenvalue weighted by molar-refractivity contribution is 0.108. The highest BCUT2D eigenvalue weighted by atomic mass is 35.5. The number of halogens is 2. The Hall–Kier alpha value is -1.13. The summed E-state index contributed by atoms with van der Waals surface area (Å²) >= 11 is 5.34. The third kappa shape index (κ3) is 2.51. The summed E-state index contributed by atoms with van der Waals surface area (Å²) in [4.78, 5) is 13.0. The first-order valence-corrected chi connectivity index (χ1v) is 5.38. The van der Waals surface area contributed by atoms with Crippen LogP contribution in [-0.2, 0) is 4.74 Å². The number of anilines is 1. The molecular formula is C11H11ClFNO2. The molecule has 0 saturated carbocycles. The maximum absolute atomic E-state index is 13.3. The molecule has 16 heavy (non-hydrogen) atoms. The average Bonchev–Trinajstić information content (AvgIpc) is 2.29. The fourth-order valence-electron chi connectivity index (χ4n) is 1.69. The van der Waals surface area contributed by atoms with Gasteiger partial charge in [-0.1, -0.05) is 0 Å². The van der Waals surface area contributed by atoms with Crippen molar-refractivity contribution in [1.82, 2.24) is 0 Å². The van der Waals surface area contributed by atoms with Gasteiger partial charge in [0.15, 0.2) is 0 Å². The second-order valence-electron chi connectivity index (χ2n) is 3.57. The van der Waals surface area contributed by atoms with Crippen LogP contribution in [0.25, 0.3) is 0 Å². The predicted molar refractivity (Wildman–Crippen MR) is 59.6 cm³/mol. The first kappa shape index (κ1) is 11.4. The van der Waals surface area contributed by atoms with Crippen molar-refractivity contribution in [1.29, 1.82) is 0 Å². The zero-order valence-corrected chi connectivity index (χ0v) is 9.34. The molecule has 5 heteroatoms. The first-order chi connectivity index (χ1) is 7.66. The van der Waals surface area contributed by atoms with Crippen LogP contribution in [0.4, 0.5) is 10.1 Å². The maximum Gasteiger partial charge on any atom is 0.252 e. The van der Waals surface area contributed by atoms with Gasteiger partial charge in [0.2, 0.25) is 0 Å². The molecule has 1 aromatic carbocycles. The number of carbonyl (C=O) groups is 1. The standard InChI is InChI=1S/C11H11ClFNO2/c12-11(15)8-5-9(13)7-10(6-8)14-1-3-16-4-2-14/h5-7H,1-4H2. The molecule has 1 aromatic rings. The highest BCUT2D eigenvalue weighted by molar-refractivity contribution is 6.67. The van der Waals surface area contributed by atoms with E-state index in [-0.39, 0.29) is 5.56 Å². The van der Waals surface area contributed by atoms with E-state index < -0.39 is 11.1 Å². The van der Waals surface area contributed by atoms with Crippen LogP contribution < -0.4 is 4.90 Å². The van der Waals surface area contributed by atoms with E-state index in [1.54, 1.807) is 6.07 Å². The van der Waals surface area contributed by atoms with Gasteiger partial charge in [0.05, 0.1) is 13.2 Å². The minimum absolute atomic E-state index is 0.183. The SMILES string of the molecule is O=C(Cl)c1cc(F)cc(N2CCOCC2)c1. The van der Waals surface area contributed by atoms with Crippen molar-refractivity contribution >= 4 is 22.5 Å². The molecule has 0 aliphatic carbocycles. The second kappa shape index (κ2) is 4.80. The summed E-state index contributed by atoms with van der Waals surface area (Å²) in [5.74, 6) is -0.451. The molecule has 1 heterocycles. The topological polar surface area (TPSA) is 29.5 Å². The van der Waals surface area contributed by atoms with Crippen LogP contribution in [0.1, 0.15) is 10.4 Å². The van der Waals surface area contributed by atoms with E-state index in [9.17, 15) is 9.18 Å². The van der Waals surface area contributed by atoms with Crippen molar-refractivity contribution < 1.29 is 13.9 Å². The smallest absolute Gasteiger partial charge is 0.252 e. The molecule has 0 radical (unpaired) electrons. The highest BCUT2D eigenvalue weighted by Crippen LogP contribution is 2.20. The Kier molecular flexibility index (Phi) is 3.41. The van der Waals surface area contributed by atoms with Crippen LogP contribution in [0.5, 0.6) is 0 Å². The lowest BCUT2D eigenvalue weighted by Gasteiger charge is -2.29. The molecule has 2 rings (SSSR count). The van der Waals surface area contributed by atoms with E-state index in [1.165, 1.54) is 6.07 Å². The summed E-state index contributed by atoms with van der Waals surface area (Å²) in [6.45, 7) is 2.61. The van der Waals surface area contributed by atoms with Crippen LogP contribution >= 0.6 is 11.6 Å². The lowest BCUT2D eigenvalue weighted by Crippen LogP contribution is -2.36. The van der Waals surface area contributed by atoms with E-state index in [1.807, 2.05) is 4.90 Å². The molecule has 0 amide bonds. The molecule has 0 aromatic heterocycles. The molecule has 0 atom stereocenters. The minimum atomic E-state index is -0.644. The van der Waals surface area contributed by atoms with Crippen molar-refractivity contribution in [2.45, 2.75) is 0 Å². The number of rotatable bonds is 2. The molecule has 0 bridgehead atoms. The lowest BCUT2D eigenvalue weighted by atomic mass is 10.2. The average molecular weight is 244 g/mol. The Balaban J connectivity index is 2.28. The first-order valence-electron chi connectivity index (χ1n) is 5.00. The van der Waals surface area contributed by atoms with Gasteiger partial charge < -0.3 is 9.64 Å². The Morgan fingerprint density at radius 1 is 1.31 bits per heavy atom. The predicted octanol–water partition coefficient (Wildman–Crippen LogP) is 2.04. The third-order valence-electron chi connectivity index (χ3n) is 2.49. The number of nitrogens with zero attached hydrogens (tertiary/aromatic N) is 1. The molecule has 0 unspecified atom stereocenters. The van der Waals surface area contributed by atoms with Crippen molar-refractivity contribution in [3.63, 3.8) is 0 Å². The fraction of sp³-hybridized carbons (Fsp3) is 0.364. The van der Waals surface area contributed by atoms with Crippen LogP contribution in [-0.4, -0.2) is 31.5 Å². The van der Waals surface area contributed by atoms with E-state index in [4.69, 9.17) is 16.3 Å². The molecule has 1 aliphatic heterocycles. The van der Waals surface area contributed by atoms with Crippen molar-refractivity contribution in [3.8, 4) is 0 Å². The van der Waals surface area contributed by atoms with Crippen molar-refractivity contribution in [2.24, 2.45) is 0 Å². The number of benzene rings is 1. The van der Waals surface area contributed by atoms with Gasteiger partial charge in [0, 0.05) is 24.3 Å². The minimum Gasteiger partial charge on any atom is -0.378 e. The molecular weight excluding hydrogens is 233 g/mol. The largest absolute Gasteiger partial charge is 0.378 e. The van der Waals surface area contributed by atoms with E-state index in [2.05, 4.69) is 0 Å². The molecule has 1 aliphatic rings. The number of carbonyl (C=O) groups excluding carboxylic acids is 1. The maximum atomic E-state index is 13.3. The van der Waals surface area contributed by atoms with Gasteiger partial charge >= 0.3 is 0 Å².